The molecule has 8 nitrogen and oxygen atoms in total. The van der Waals surface area contributed by atoms with Crippen LogP contribution in [0.15, 0.2) is 59.5 Å². The lowest BCUT2D eigenvalue weighted by Crippen LogP contribution is -2.41. The second-order valence-electron chi connectivity index (χ2n) is 7.93. The summed E-state index contributed by atoms with van der Waals surface area (Å²) in [7, 11) is 0. The van der Waals surface area contributed by atoms with Gasteiger partial charge in [0, 0.05) is 56.7 Å². The molecule has 1 aliphatic rings. The largest absolute Gasteiger partial charge is 0.447 e. The molecule has 0 atom stereocenters. The second kappa shape index (κ2) is 11.9. The van der Waals surface area contributed by atoms with Crippen LogP contribution in [-0.4, -0.2) is 65.1 Å². The lowest BCUT2D eigenvalue weighted by molar-refractivity contribution is 0.0320. The van der Waals surface area contributed by atoms with Crippen LogP contribution in [0.25, 0.3) is 0 Å². The van der Waals surface area contributed by atoms with E-state index in [4.69, 9.17) is 20.8 Å². The zero-order valence-electron chi connectivity index (χ0n) is 18.5. The maximum Gasteiger partial charge on any atom is 0.273 e. The van der Waals surface area contributed by atoms with E-state index in [-0.39, 0.29) is 11.6 Å². The Morgan fingerprint density at radius 3 is 2.79 bits per heavy atom. The smallest absolute Gasteiger partial charge is 0.273 e. The van der Waals surface area contributed by atoms with Gasteiger partial charge in [-0.25, -0.2) is 4.98 Å². The molecule has 0 aliphatic carbocycles. The third-order valence-electron chi connectivity index (χ3n) is 5.51. The number of carbonyl (C=O) groups is 1. The van der Waals surface area contributed by atoms with Crippen LogP contribution in [0.2, 0.25) is 5.02 Å². The van der Waals surface area contributed by atoms with Gasteiger partial charge in [-0.05, 0) is 23.3 Å². The first kappa shape index (κ1) is 23.4. The average molecular weight is 470 g/mol. The number of pyridine rings is 1. The van der Waals surface area contributed by atoms with Crippen molar-refractivity contribution in [3.63, 3.8) is 0 Å². The predicted octanol–water partition coefficient (Wildman–Crippen LogP) is 2.99. The number of oxazole rings is 1. The highest BCUT2D eigenvalue weighted by molar-refractivity contribution is 6.31. The average Bonchev–Trinajstić information content (AvgIpc) is 3.32. The number of hydrogen-bond acceptors (Lipinski definition) is 7. The summed E-state index contributed by atoms with van der Waals surface area (Å²) < 4.78 is 11.1. The number of aromatic nitrogens is 2. The highest BCUT2D eigenvalue weighted by atomic mass is 35.5. The summed E-state index contributed by atoms with van der Waals surface area (Å²) in [5, 5.41) is 3.58. The Labute approximate surface area is 198 Å². The SMILES string of the molecule is O=C(NCc1cccnc1)c1coc(CN(CCN2CCOCC2)Cc2ccccc2Cl)n1. The van der Waals surface area contributed by atoms with E-state index in [9.17, 15) is 4.79 Å². The molecule has 33 heavy (non-hydrogen) atoms. The molecular weight excluding hydrogens is 442 g/mol. The van der Waals surface area contributed by atoms with Gasteiger partial charge in [0.2, 0.25) is 5.89 Å². The Morgan fingerprint density at radius 2 is 2.00 bits per heavy atom. The van der Waals surface area contributed by atoms with E-state index >= 15 is 0 Å². The first-order valence-electron chi connectivity index (χ1n) is 11.0. The van der Waals surface area contributed by atoms with Crippen molar-refractivity contribution in [3.05, 3.63) is 82.8 Å². The molecule has 9 heteroatoms. The Hall–Kier alpha value is -2.78. The molecular formula is C24H28ClN5O3. The van der Waals surface area contributed by atoms with Crippen molar-refractivity contribution in [3.8, 4) is 0 Å². The van der Waals surface area contributed by atoms with Crippen LogP contribution in [0.1, 0.15) is 27.5 Å². The summed E-state index contributed by atoms with van der Waals surface area (Å²) in [4.78, 5) is 25.6. The van der Waals surface area contributed by atoms with Gasteiger partial charge in [0.25, 0.3) is 5.91 Å². The molecule has 2 aromatic heterocycles. The van der Waals surface area contributed by atoms with Crippen molar-refractivity contribution in [1.82, 2.24) is 25.1 Å². The molecule has 1 aliphatic heterocycles. The first-order chi connectivity index (χ1) is 16.2. The minimum atomic E-state index is -0.278. The molecule has 0 saturated carbocycles. The van der Waals surface area contributed by atoms with Gasteiger partial charge in [0.15, 0.2) is 5.69 Å². The third-order valence-corrected chi connectivity index (χ3v) is 5.88. The number of nitrogens with one attached hydrogen (secondary N) is 1. The lowest BCUT2D eigenvalue weighted by atomic mass is 10.2. The number of amides is 1. The molecule has 0 bridgehead atoms. The number of nitrogens with zero attached hydrogens (tertiary/aromatic N) is 4. The van der Waals surface area contributed by atoms with Gasteiger partial charge in [-0.3, -0.25) is 19.6 Å². The van der Waals surface area contributed by atoms with E-state index in [0.717, 1.165) is 55.5 Å². The van der Waals surface area contributed by atoms with Crippen LogP contribution in [0, 0.1) is 0 Å². The van der Waals surface area contributed by atoms with Crippen LogP contribution in [-0.2, 0) is 24.4 Å². The lowest BCUT2D eigenvalue weighted by Gasteiger charge is -2.29. The first-order valence-corrected chi connectivity index (χ1v) is 11.4. The van der Waals surface area contributed by atoms with Crippen LogP contribution < -0.4 is 5.32 Å². The number of rotatable bonds is 10. The van der Waals surface area contributed by atoms with Gasteiger partial charge in [0.1, 0.15) is 6.26 Å². The fourth-order valence-electron chi connectivity index (χ4n) is 3.64. The molecule has 1 fully saturated rings. The molecule has 1 aromatic carbocycles. The fourth-order valence-corrected chi connectivity index (χ4v) is 3.84. The van der Waals surface area contributed by atoms with E-state index in [0.29, 0.717) is 25.5 Å². The van der Waals surface area contributed by atoms with E-state index in [1.165, 1.54) is 6.26 Å². The zero-order chi connectivity index (χ0) is 22.9. The molecule has 174 valence electrons. The number of carbonyl (C=O) groups excluding carboxylic acids is 1. The topological polar surface area (TPSA) is 83.7 Å². The van der Waals surface area contributed by atoms with Crippen molar-refractivity contribution < 1.29 is 13.9 Å². The van der Waals surface area contributed by atoms with Gasteiger partial charge in [-0.1, -0.05) is 35.9 Å². The van der Waals surface area contributed by atoms with Crippen molar-refractivity contribution in [2.75, 3.05) is 39.4 Å². The molecule has 1 saturated heterocycles. The Balaban J connectivity index is 1.37. The van der Waals surface area contributed by atoms with Crippen LogP contribution in [0.3, 0.4) is 0 Å². The molecule has 3 heterocycles. The maximum atomic E-state index is 12.5. The Morgan fingerprint density at radius 1 is 1.15 bits per heavy atom. The molecule has 1 N–H and O–H groups in total. The molecule has 4 rings (SSSR count). The van der Waals surface area contributed by atoms with Crippen LogP contribution in [0.4, 0.5) is 0 Å². The standard InChI is InChI=1S/C24H28ClN5O3/c25-21-6-2-1-5-20(21)16-30(9-8-29-10-12-32-13-11-29)17-23-28-22(18-33-23)24(31)27-15-19-4-3-7-26-14-19/h1-7,14,18H,8-13,15-17H2,(H,27,31). The Kier molecular flexibility index (Phi) is 8.43. The molecule has 0 radical (unpaired) electrons. The highest BCUT2D eigenvalue weighted by Crippen LogP contribution is 2.18. The monoisotopic (exact) mass is 469 g/mol. The second-order valence-corrected chi connectivity index (χ2v) is 8.33. The quantitative estimate of drug-likeness (QED) is 0.488. The van der Waals surface area contributed by atoms with E-state index in [1.54, 1.807) is 12.4 Å². The highest BCUT2D eigenvalue weighted by Gasteiger charge is 2.18. The van der Waals surface area contributed by atoms with Gasteiger partial charge < -0.3 is 14.5 Å². The van der Waals surface area contributed by atoms with E-state index in [2.05, 4.69) is 25.1 Å². The van der Waals surface area contributed by atoms with Crippen molar-refractivity contribution in [1.29, 1.82) is 0 Å². The van der Waals surface area contributed by atoms with Crippen molar-refractivity contribution in [2.45, 2.75) is 19.6 Å². The van der Waals surface area contributed by atoms with Gasteiger partial charge in [0.05, 0.1) is 19.8 Å². The summed E-state index contributed by atoms with van der Waals surface area (Å²) in [6, 6.07) is 11.6. The summed E-state index contributed by atoms with van der Waals surface area (Å²) in [5.74, 6) is 0.218. The molecule has 0 spiro atoms. The van der Waals surface area contributed by atoms with Gasteiger partial charge >= 0.3 is 0 Å². The Bertz CT molecular complexity index is 1020. The minimum Gasteiger partial charge on any atom is -0.447 e. The van der Waals surface area contributed by atoms with Crippen molar-refractivity contribution in [2.24, 2.45) is 0 Å². The maximum absolute atomic E-state index is 12.5. The fraction of sp³-hybridized carbons (Fsp3) is 0.375. The summed E-state index contributed by atoms with van der Waals surface area (Å²) in [6.07, 6.45) is 4.82. The number of ether oxygens (including phenoxy) is 1. The van der Waals surface area contributed by atoms with Crippen LogP contribution >= 0.6 is 11.6 Å². The number of hydrogen-bond donors (Lipinski definition) is 1. The van der Waals surface area contributed by atoms with Gasteiger partial charge in [-0.15, -0.1) is 0 Å². The molecule has 0 unspecified atom stereocenters. The molecule has 3 aromatic rings. The van der Waals surface area contributed by atoms with Gasteiger partial charge in [-0.2, -0.15) is 0 Å². The predicted molar refractivity (Wildman–Crippen MR) is 125 cm³/mol. The summed E-state index contributed by atoms with van der Waals surface area (Å²) >= 11 is 6.40. The number of morpholine rings is 1. The normalized spacial score (nSPS) is 14.5. The summed E-state index contributed by atoms with van der Waals surface area (Å²) in [6.45, 7) is 6.64. The van der Waals surface area contributed by atoms with Crippen LogP contribution in [0.5, 0.6) is 0 Å². The zero-order valence-corrected chi connectivity index (χ0v) is 19.2. The number of halogens is 1. The van der Waals surface area contributed by atoms with E-state index in [1.807, 2.05) is 36.4 Å². The third kappa shape index (κ3) is 7.10. The number of benzene rings is 1. The van der Waals surface area contributed by atoms with Crippen molar-refractivity contribution >= 4 is 17.5 Å². The molecule has 1 amide bonds. The minimum absolute atomic E-state index is 0.264. The van der Waals surface area contributed by atoms with E-state index < -0.39 is 0 Å². The summed E-state index contributed by atoms with van der Waals surface area (Å²) in [5.41, 5.74) is 2.23.